The highest BCUT2D eigenvalue weighted by molar-refractivity contribution is 4.99. The summed E-state index contributed by atoms with van der Waals surface area (Å²) in [5.41, 5.74) is 2.40. The van der Waals surface area contributed by atoms with E-state index >= 15 is 0 Å². The van der Waals surface area contributed by atoms with Crippen LogP contribution >= 0.6 is 0 Å². The topological polar surface area (TPSA) is 41.3 Å². The van der Waals surface area contributed by atoms with E-state index in [1.807, 2.05) is 13.8 Å². The van der Waals surface area contributed by atoms with Crippen LogP contribution in [0.5, 0.6) is 0 Å². The molecule has 1 saturated heterocycles. The van der Waals surface area contributed by atoms with E-state index in [1.54, 1.807) is 0 Å². The Bertz CT molecular complexity index is 258. The molecule has 1 rings (SSSR count). The molecular weight excluding hydrogens is 255 g/mol. The summed E-state index contributed by atoms with van der Waals surface area (Å²) >= 11 is 0. The highest BCUT2D eigenvalue weighted by Crippen LogP contribution is 2.35. The molecule has 1 unspecified atom stereocenters. The van der Waals surface area contributed by atoms with Gasteiger partial charge in [-0.1, -0.05) is 13.8 Å². The largest absolute Gasteiger partial charge is 0.389 e. The molecule has 1 atom stereocenters. The fourth-order valence-corrected chi connectivity index (χ4v) is 3.39. The van der Waals surface area contributed by atoms with E-state index in [-0.39, 0.29) is 18.0 Å². The average Bonchev–Trinajstić information content (AvgIpc) is 2.88. The van der Waals surface area contributed by atoms with Crippen LogP contribution in [0.2, 0.25) is 0 Å². The lowest BCUT2D eigenvalue weighted by molar-refractivity contribution is -0.139. The van der Waals surface area contributed by atoms with E-state index in [0.29, 0.717) is 0 Å². The first-order valence-corrected chi connectivity index (χ1v) is 7.17. The van der Waals surface area contributed by atoms with Crippen LogP contribution < -0.4 is 11.3 Å². The monoisotopic (exact) mass is 281 g/mol. The van der Waals surface area contributed by atoms with Gasteiger partial charge in [0.1, 0.15) is 0 Å². The van der Waals surface area contributed by atoms with Crippen LogP contribution in [0, 0.1) is 0 Å². The minimum atomic E-state index is -4.12. The predicted octanol–water partition coefficient (Wildman–Crippen LogP) is 2.82. The van der Waals surface area contributed by atoms with Crippen molar-refractivity contribution in [3.8, 4) is 0 Å². The number of alkyl halides is 3. The van der Waals surface area contributed by atoms with Gasteiger partial charge in [-0.05, 0) is 45.2 Å². The molecule has 0 aromatic heterocycles. The average molecular weight is 281 g/mol. The van der Waals surface area contributed by atoms with Crippen LogP contribution in [0.3, 0.4) is 0 Å². The number of hydrogen-bond donors (Lipinski definition) is 2. The third kappa shape index (κ3) is 4.07. The molecule has 1 heterocycles. The molecule has 1 aliphatic heterocycles. The van der Waals surface area contributed by atoms with Crippen LogP contribution in [0.25, 0.3) is 0 Å². The number of nitrogens with zero attached hydrogens (tertiary/aromatic N) is 1. The summed E-state index contributed by atoms with van der Waals surface area (Å²) in [6.45, 7) is 6.01. The van der Waals surface area contributed by atoms with Crippen LogP contribution in [0.1, 0.15) is 52.4 Å². The summed E-state index contributed by atoms with van der Waals surface area (Å²) in [6.07, 6.45) is -0.980. The number of rotatable bonds is 7. The highest BCUT2D eigenvalue weighted by Gasteiger charge is 2.43. The van der Waals surface area contributed by atoms with Gasteiger partial charge in [-0.25, -0.2) is 0 Å². The lowest BCUT2D eigenvalue weighted by Gasteiger charge is -2.46. The third-order valence-electron chi connectivity index (χ3n) is 4.53. The molecule has 0 spiro atoms. The molecule has 0 amide bonds. The van der Waals surface area contributed by atoms with Crippen LogP contribution in [-0.2, 0) is 0 Å². The van der Waals surface area contributed by atoms with Crippen molar-refractivity contribution in [2.45, 2.75) is 70.1 Å². The Labute approximate surface area is 113 Å². The summed E-state index contributed by atoms with van der Waals surface area (Å²) < 4.78 is 37.3. The molecule has 6 heteroatoms. The Hall–Kier alpha value is -0.330. The van der Waals surface area contributed by atoms with Crippen molar-refractivity contribution < 1.29 is 13.2 Å². The predicted molar refractivity (Wildman–Crippen MR) is 70.5 cm³/mol. The second kappa shape index (κ2) is 6.90. The minimum absolute atomic E-state index is 0.0399. The van der Waals surface area contributed by atoms with Crippen molar-refractivity contribution in [3.63, 3.8) is 0 Å². The number of hydrogen-bond acceptors (Lipinski definition) is 3. The number of halogens is 3. The molecule has 1 aliphatic rings. The zero-order valence-corrected chi connectivity index (χ0v) is 11.9. The molecule has 3 N–H and O–H groups in total. The van der Waals surface area contributed by atoms with Crippen molar-refractivity contribution in [1.82, 2.24) is 10.3 Å². The van der Waals surface area contributed by atoms with E-state index in [9.17, 15) is 13.2 Å². The molecular formula is C13H26F3N3. The molecule has 0 aliphatic carbocycles. The van der Waals surface area contributed by atoms with E-state index in [4.69, 9.17) is 5.84 Å². The number of likely N-dealkylation sites (tertiary alicyclic amines) is 1. The number of nitrogens with two attached hydrogens (primary N) is 1. The minimum Gasteiger partial charge on any atom is -0.296 e. The fraction of sp³-hybridized carbons (Fsp3) is 1.00. The molecule has 1 fully saturated rings. The smallest absolute Gasteiger partial charge is 0.296 e. The maximum absolute atomic E-state index is 12.4. The zero-order chi connectivity index (χ0) is 14.5. The molecule has 3 nitrogen and oxygen atoms in total. The Morgan fingerprint density at radius 3 is 2.05 bits per heavy atom. The first kappa shape index (κ1) is 16.7. The molecule has 0 radical (unpaired) electrons. The second-order valence-corrected chi connectivity index (χ2v) is 5.38. The van der Waals surface area contributed by atoms with Gasteiger partial charge in [0.25, 0.3) is 0 Å². The molecule has 114 valence electrons. The maximum Gasteiger partial charge on any atom is 0.389 e. The number of nitrogens with one attached hydrogen (secondary N) is 1. The summed E-state index contributed by atoms with van der Waals surface area (Å²) in [6, 6.07) is -0.317. The van der Waals surface area contributed by atoms with E-state index in [2.05, 4.69) is 10.3 Å². The number of hydrazine groups is 1. The zero-order valence-electron chi connectivity index (χ0n) is 11.9. The summed E-state index contributed by atoms with van der Waals surface area (Å²) in [4.78, 5) is 2.33. The Kier molecular flexibility index (Phi) is 6.08. The SMILES string of the molecule is CCC(CC)(C(CCC(F)(F)F)NN)N1CCCC1. The van der Waals surface area contributed by atoms with Crippen molar-refractivity contribution >= 4 is 0 Å². The van der Waals surface area contributed by atoms with E-state index < -0.39 is 12.6 Å². The van der Waals surface area contributed by atoms with E-state index in [0.717, 1.165) is 38.8 Å². The Morgan fingerprint density at radius 1 is 1.16 bits per heavy atom. The lowest BCUT2D eigenvalue weighted by atomic mass is 9.81. The van der Waals surface area contributed by atoms with E-state index in [1.165, 1.54) is 0 Å². The van der Waals surface area contributed by atoms with Crippen molar-refractivity contribution in [2.24, 2.45) is 5.84 Å². The van der Waals surface area contributed by atoms with Gasteiger partial charge in [0.2, 0.25) is 0 Å². The maximum atomic E-state index is 12.4. The lowest BCUT2D eigenvalue weighted by Crippen LogP contribution is -2.61. The van der Waals surface area contributed by atoms with Crippen LogP contribution in [0.4, 0.5) is 13.2 Å². The van der Waals surface area contributed by atoms with Gasteiger partial charge in [0.15, 0.2) is 0 Å². The Balaban J connectivity index is 2.80. The van der Waals surface area contributed by atoms with Crippen molar-refractivity contribution in [2.75, 3.05) is 13.1 Å². The summed E-state index contributed by atoms with van der Waals surface area (Å²) in [7, 11) is 0. The quantitative estimate of drug-likeness (QED) is 0.557. The van der Waals surface area contributed by atoms with Gasteiger partial charge < -0.3 is 0 Å². The van der Waals surface area contributed by atoms with Gasteiger partial charge in [-0.2, -0.15) is 13.2 Å². The summed E-state index contributed by atoms with van der Waals surface area (Å²) in [5.74, 6) is 5.56. The van der Waals surface area contributed by atoms with Crippen molar-refractivity contribution in [3.05, 3.63) is 0 Å². The van der Waals surface area contributed by atoms with Gasteiger partial charge in [-0.3, -0.25) is 16.2 Å². The van der Waals surface area contributed by atoms with Gasteiger partial charge >= 0.3 is 6.18 Å². The van der Waals surface area contributed by atoms with Gasteiger partial charge in [-0.15, -0.1) is 0 Å². The summed E-state index contributed by atoms with van der Waals surface area (Å²) in [5, 5.41) is 0. The van der Waals surface area contributed by atoms with Crippen LogP contribution in [-0.4, -0.2) is 35.7 Å². The first-order chi connectivity index (χ1) is 8.89. The van der Waals surface area contributed by atoms with Gasteiger partial charge in [0.05, 0.1) is 0 Å². The molecule has 0 bridgehead atoms. The van der Waals surface area contributed by atoms with Gasteiger partial charge in [0, 0.05) is 18.0 Å². The Morgan fingerprint density at radius 2 is 1.68 bits per heavy atom. The third-order valence-corrected chi connectivity index (χ3v) is 4.53. The first-order valence-electron chi connectivity index (χ1n) is 7.17. The second-order valence-electron chi connectivity index (χ2n) is 5.38. The normalized spacial score (nSPS) is 19.9. The van der Waals surface area contributed by atoms with Crippen LogP contribution in [0.15, 0.2) is 0 Å². The highest BCUT2D eigenvalue weighted by atomic mass is 19.4. The molecule has 0 saturated carbocycles. The molecule has 0 aromatic rings. The molecule has 19 heavy (non-hydrogen) atoms. The van der Waals surface area contributed by atoms with Crippen molar-refractivity contribution in [1.29, 1.82) is 0 Å². The molecule has 0 aromatic carbocycles. The standard InChI is InChI=1S/C13H26F3N3/c1-3-12(4-2,19-9-5-6-10-19)11(18-17)7-8-13(14,15)16/h11,18H,3-10,17H2,1-2H3. The fourth-order valence-electron chi connectivity index (χ4n) is 3.39.